The lowest BCUT2D eigenvalue weighted by molar-refractivity contribution is -0.145. The number of piperidine rings is 1. The van der Waals surface area contributed by atoms with Crippen molar-refractivity contribution in [2.45, 2.75) is 161 Å². The van der Waals surface area contributed by atoms with Crippen LogP contribution in [0.4, 0.5) is 4.79 Å². The minimum atomic E-state index is -3.56. The third-order valence-corrected chi connectivity index (χ3v) is 14.2. The zero-order valence-electron chi connectivity index (χ0n) is 31.2. The van der Waals surface area contributed by atoms with Crippen LogP contribution in [0.2, 0.25) is 0 Å². The molecule has 0 aromatic rings. The second-order valence-electron chi connectivity index (χ2n) is 17.8. The van der Waals surface area contributed by atoms with E-state index < -0.39 is 73.2 Å². The van der Waals surface area contributed by atoms with Crippen LogP contribution in [0.5, 0.6) is 0 Å². The number of rotatable bonds is 13. The normalized spacial score (nSPS) is 25.7. The molecular weight excluding hydrogens is 646 g/mol. The Morgan fingerprint density at radius 2 is 1.53 bits per heavy atom. The number of nitrogens with zero attached hydrogens (tertiary/aromatic N) is 1. The van der Waals surface area contributed by atoms with E-state index in [0.717, 1.165) is 38.5 Å². The van der Waals surface area contributed by atoms with Gasteiger partial charge in [-0.25, -0.2) is 13.2 Å². The van der Waals surface area contributed by atoms with Gasteiger partial charge >= 0.3 is 6.03 Å². The van der Waals surface area contributed by atoms with Gasteiger partial charge in [-0.2, -0.15) is 0 Å². The Kier molecular flexibility index (Phi) is 11.3. The van der Waals surface area contributed by atoms with Crippen molar-refractivity contribution in [2.24, 2.45) is 22.7 Å². The van der Waals surface area contributed by atoms with Crippen LogP contribution in [-0.4, -0.2) is 89.6 Å². The Morgan fingerprint density at radius 3 is 2.06 bits per heavy atom. The number of unbranched alkanes of at least 4 members (excludes halogenated alkanes) is 1. The fourth-order valence-corrected chi connectivity index (χ4v) is 9.25. The molecule has 5 amide bonds. The second-order valence-corrected chi connectivity index (χ2v) is 20.6. The SMILES string of the molecule is CCCC[C@H](NC(=O)[C@@H]1[C@H]2[C@H](CN1C(=O)[C@@H](NC(=O)NC1(CS(=O)(=O)C(C)(C)C)CCCCC1)C(C)(C)C)C2(C)C)C(=O)C(=O)NC1CC1. The summed E-state index contributed by atoms with van der Waals surface area (Å²) < 4.78 is 25.6. The number of urea groups is 1. The van der Waals surface area contributed by atoms with E-state index in [2.05, 4.69) is 35.1 Å². The molecule has 0 bridgehead atoms. The molecule has 1 saturated heterocycles. The molecule has 3 aliphatic carbocycles. The third kappa shape index (κ3) is 8.79. The topological polar surface area (TPSA) is 171 Å². The van der Waals surface area contributed by atoms with Crippen molar-refractivity contribution in [1.82, 2.24) is 26.2 Å². The van der Waals surface area contributed by atoms with Gasteiger partial charge in [0.1, 0.15) is 12.1 Å². The monoisotopic (exact) mass is 707 g/mol. The lowest BCUT2D eigenvalue weighted by atomic mass is 9.83. The van der Waals surface area contributed by atoms with Crippen LogP contribution in [0, 0.1) is 22.7 Å². The van der Waals surface area contributed by atoms with Gasteiger partial charge in [-0.05, 0) is 75.5 Å². The maximum atomic E-state index is 14.5. The highest BCUT2D eigenvalue weighted by molar-refractivity contribution is 7.92. The zero-order chi connectivity index (χ0) is 36.7. The molecule has 0 unspecified atom stereocenters. The first-order chi connectivity index (χ1) is 22.5. The summed E-state index contributed by atoms with van der Waals surface area (Å²) in [6.45, 7) is 16.9. The maximum absolute atomic E-state index is 14.5. The van der Waals surface area contributed by atoms with Crippen molar-refractivity contribution in [3.8, 4) is 0 Å². The Morgan fingerprint density at radius 1 is 0.918 bits per heavy atom. The molecule has 0 aromatic heterocycles. The average molecular weight is 708 g/mol. The van der Waals surface area contributed by atoms with Crippen molar-refractivity contribution < 1.29 is 32.4 Å². The lowest BCUT2D eigenvalue weighted by Crippen LogP contribution is -2.64. The van der Waals surface area contributed by atoms with E-state index in [1.807, 2.05) is 27.7 Å². The molecule has 0 aromatic carbocycles. The molecule has 49 heavy (non-hydrogen) atoms. The number of ketones is 1. The first-order valence-electron chi connectivity index (χ1n) is 18.3. The summed E-state index contributed by atoms with van der Waals surface area (Å²) in [4.78, 5) is 69.7. The van der Waals surface area contributed by atoms with Crippen molar-refractivity contribution in [3.05, 3.63) is 0 Å². The van der Waals surface area contributed by atoms with Gasteiger partial charge < -0.3 is 26.2 Å². The number of nitrogens with one attached hydrogen (secondary N) is 4. The van der Waals surface area contributed by atoms with Crippen LogP contribution >= 0.6 is 0 Å². The molecule has 4 fully saturated rings. The lowest BCUT2D eigenvalue weighted by Gasteiger charge is -2.41. The van der Waals surface area contributed by atoms with Gasteiger partial charge in [-0.3, -0.25) is 19.2 Å². The number of likely N-dealkylation sites (tertiary alicyclic amines) is 1. The molecule has 0 radical (unpaired) electrons. The summed E-state index contributed by atoms with van der Waals surface area (Å²) in [5.41, 5.74) is -1.90. The Balaban J connectivity index is 1.54. The number of amides is 5. The van der Waals surface area contributed by atoms with Crippen LogP contribution in [0.1, 0.15) is 127 Å². The van der Waals surface area contributed by atoms with Crippen molar-refractivity contribution in [2.75, 3.05) is 12.3 Å². The summed E-state index contributed by atoms with van der Waals surface area (Å²) in [6, 6.07) is -3.50. The predicted molar refractivity (Wildman–Crippen MR) is 188 cm³/mol. The van der Waals surface area contributed by atoms with Crippen LogP contribution < -0.4 is 21.3 Å². The van der Waals surface area contributed by atoms with Crippen LogP contribution in [0.25, 0.3) is 0 Å². The highest BCUT2D eigenvalue weighted by atomic mass is 32.2. The molecular formula is C36H61N5O7S. The van der Waals surface area contributed by atoms with Crippen molar-refractivity contribution in [3.63, 3.8) is 0 Å². The Bertz CT molecular complexity index is 1400. The summed E-state index contributed by atoms with van der Waals surface area (Å²) >= 11 is 0. The largest absolute Gasteiger partial charge is 0.347 e. The molecule has 1 heterocycles. The zero-order valence-corrected chi connectivity index (χ0v) is 32.0. The Labute approximate surface area is 293 Å². The predicted octanol–water partition coefficient (Wildman–Crippen LogP) is 3.62. The minimum Gasteiger partial charge on any atom is -0.347 e. The van der Waals surface area contributed by atoms with Crippen LogP contribution in [-0.2, 0) is 29.0 Å². The first-order valence-corrected chi connectivity index (χ1v) is 20.0. The first kappa shape index (κ1) is 39.1. The van der Waals surface area contributed by atoms with Gasteiger partial charge in [-0.15, -0.1) is 0 Å². The number of carbonyl (C=O) groups excluding carboxylic acids is 5. The smallest absolute Gasteiger partial charge is 0.315 e. The van der Waals surface area contributed by atoms with E-state index in [1.54, 1.807) is 20.8 Å². The van der Waals surface area contributed by atoms with E-state index >= 15 is 0 Å². The summed E-state index contributed by atoms with van der Waals surface area (Å²) in [5, 5.41) is 11.5. The van der Waals surface area contributed by atoms with E-state index in [-0.39, 0.29) is 29.0 Å². The maximum Gasteiger partial charge on any atom is 0.315 e. The van der Waals surface area contributed by atoms with E-state index in [4.69, 9.17) is 0 Å². The van der Waals surface area contributed by atoms with Crippen LogP contribution in [0.15, 0.2) is 0 Å². The number of carbonyl (C=O) groups is 5. The van der Waals surface area contributed by atoms with E-state index in [0.29, 0.717) is 32.2 Å². The minimum absolute atomic E-state index is 0.00450. The van der Waals surface area contributed by atoms with Crippen molar-refractivity contribution >= 4 is 39.4 Å². The molecule has 278 valence electrons. The number of Topliss-reactive ketones (excluding diaryl/α,β-unsaturated/α-hetero) is 1. The molecule has 4 aliphatic rings. The number of fused-ring (bicyclic) bond motifs is 1. The molecule has 3 saturated carbocycles. The number of hydrogen-bond donors (Lipinski definition) is 4. The quantitative estimate of drug-likeness (QED) is 0.212. The molecule has 4 N–H and O–H groups in total. The second kappa shape index (κ2) is 14.1. The molecule has 4 rings (SSSR count). The molecule has 13 heteroatoms. The summed E-state index contributed by atoms with van der Waals surface area (Å²) in [6.07, 6.45) is 6.97. The molecule has 1 aliphatic heterocycles. The summed E-state index contributed by atoms with van der Waals surface area (Å²) in [7, 11) is -3.56. The van der Waals surface area contributed by atoms with E-state index in [9.17, 15) is 32.4 Å². The fraction of sp³-hybridized carbons (Fsp3) is 0.861. The average Bonchev–Trinajstić information content (AvgIpc) is 3.83. The standard InChI is InChI=1S/C36H61N5O7S/c1-10-11-15-24(27(42)30(44)37-22-16-17-22)38-29(43)26-25-23(35(25,8)9)20-41(26)31(45)28(33(2,3)4)39-32(46)40-36(18-13-12-14-19-36)21-49(47,48)34(5,6)7/h22-26,28H,10-21H2,1-9H3,(H,37,44)(H,38,43)(H2,39,40,46)/t23-,24-,25+,26-,28+/m0/s1. The number of sulfone groups is 1. The molecule has 12 nitrogen and oxygen atoms in total. The molecule has 5 atom stereocenters. The van der Waals surface area contributed by atoms with Gasteiger partial charge in [0, 0.05) is 12.6 Å². The molecule has 0 spiro atoms. The van der Waals surface area contributed by atoms with Gasteiger partial charge in [-0.1, -0.05) is 73.6 Å². The van der Waals surface area contributed by atoms with Gasteiger partial charge in [0.05, 0.1) is 22.1 Å². The van der Waals surface area contributed by atoms with Gasteiger partial charge in [0.15, 0.2) is 9.84 Å². The highest BCUT2D eigenvalue weighted by Gasteiger charge is 2.70. The fourth-order valence-electron chi connectivity index (χ4n) is 7.73. The Hall–Kier alpha value is -2.70. The highest BCUT2D eigenvalue weighted by Crippen LogP contribution is 2.65. The van der Waals surface area contributed by atoms with Crippen LogP contribution in [0.3, 0.4) is 0 Å². The van der Waals surface area contributed by atoms with Gasteiger partial charge in [0.25, 0.3) is 5.91 Å². The van der Waals surface area contributed by atoms with Gasteiger partial charge in [0.2, 0.25) is 17.6 Å². The van der Waals surface area contributed by atoms with E-state index in [1.165, 1.54) is 4.90 Å². The van der Waals surface area contributed by atoms with Crippen molar-refractivity contribution in [1.29, 1.82) is 0 Å². The summed E-state index contributed by atoms with van der Waals surface area (Å²) in [5.74, 6) is -2.50. The number of hydrogen-bond acceptors (Lipinski definition) is 7. The third-order valence-electron chi connectivity index (χ3n) is 11.4.